The largest absolute Gasteiger partial charge is 0.397 e. The van der Waals surface area contributed by atoms with E-state index in [1.807, 2.05) is 38.3 Å². The average molecular weight is 582 g/mol. The van der Waals surface area contributed by atoms with E-state index in [4.69, 9.17) is 10.8 Å². The summed E-state index contributed by atoms with van der Waals surface area (Å²) in [6.45, 7) is 14.3. The standard InChI is InChI=1S/C12H14N2S.C11H13BrO.C2H6O.CH4N2S/c1-7-4-8(2)11(9(3)5-7)10-6-15-12(13)14-10;1-7-4-8(2)11(9(3)5-7)10(13)6-12;1-2-3;2-1(3)4/h4-6H,1-3H3,(H2,13,14);4-5H,6H2,1-3H3;3H,2H2,1H3;(H4,2,3,4). The monoisotopic (exact) mass is 580 g/mol. The minimum absolute atomic E-state index is 0.000000000000000222. The summed E-state index contributed by atoms with van der Waals surface area (Å²) < 4.78 is 0. The van der Waals surface area contributed by atoms with Crippen molar-refractivity contribution in [1.82, 2.24) is 4.98 Å². The first-order chi connectivity index (χ1) is 16.3. The first-order valence-electron chi connectivity index (χ1n) is 10.9. The topological polar surface area (TPSA) is 128 Å². The van der Waals surface area contributed by atoms with Gasteiger partial charge in [-0.3, -0.25) is 4.79 Å². The van der Waals surface area contributed by atoms with Crippen LogP contribution < -0.4 is 17.2 Å². The van der Waals surface area contributed by atoms with Gasteiger partial charge in [-0.2, -0.15) is 0 Å². The number of aliphatic hydroxyl groups is 1. The number of ketones is 1. The molecule has 0 saturated carbocycles. The first kappa shape index (κ1) is 32.7. The van der Waals surface area contributed by atoms with E-state index in [0.29, 0.717) is 10.5 Å². The highest BCUT2D eigenvalue weighted by molar-refractivity contribution is 9.09. The van der Waals surface area contributed by atoms with Gasteiger partial charge in [0.1, 0.15) is 0 Å². The number of thiazole rings is 1. The Bertz CT molecular complexity index is 1080. The molecule has 192 valence electrons. The van der Waals surface area contributed by atoms with Crippen molar-refractivity contribution in [2.24, 2.45) is 11.5 Å². The van der Waals surface area contributed by atoms with E-state index in [1.165, 1.54) is 39.2 Å². The number of nitrogens with two attached hydrogens (primary N) is 3. The van der Waals surface area contributed by atoms with Gasteiger partial charge in [0.15, 0.2) is 16.0 Å². The number of anilines is 1. The lowest BCUT2D eigenvalue weighted by Crippen LogP contribution is -2.18. The van der Waals surface area contributed by atoms with Crippen LogP contribution in [0.15, 0.2) is 29.6 Å². The lowest BCUT2D eigenvalue weighted by Gasteiger charge is -2.08. The Morgan fingerprint density at radius 3 is 1.66 bits per heavy atom. The van der Waals surface area contributed by atoms with Gasteiger partial charge < -0.3 is 22.3 Å². The van der Waals surface area contributed by atoms with Crippen LogP contribution in [0.25, 0.3) is 11.3 Å². The van der Waals surface area contributed by atoms with Gasteiger partial charge in [0.05, 0.1) is 11.0 Å². The maximum Gasteiger partial charge on any atom is 0.180 e. The van der Waals surface area contributed by atoms with Crippen LogP contribution in [-0.2, 0) is 0 Å². The number of aromatic nitrogens is 1. The number of benzene rings is 2. The van der Waals surface area contributed by atoms with Crippen molar-refractivity contribution in [1.29, 1.82) is 0 Å². The molecule has 0 aliphatic rings. The van der Waals surface area contributed by atoms with Crippen LogP contribution in [0.4, 0.5) is 5.13 Å². The summed E-state index contributed by atoms with van der Waals surface area (Å²) in [5, 5.41) is 10.6. The van der Waals surface area contributed by atoms with Crippen molar-refractivity contribution < 1.29 is 9.90 Å². The predicted octanol–water partition coefficient (Wildman–Crippen LogP) is 5.69. The van der Waals surface area contributed by atoms with E-state index in [9.17, 15) is 4.79 Å². The molecule has 35 heavy (non-hydrogen) atoms. The van der Waals surface area contributed by atoms with E-state index in [1.54, 1.807) is 6.92 Å². The Morgan fingerprint density at radius 2 is 1.34 bits per heavy atom. The van der Waals surface area contributed by atoms with Crippen LogP contribution in [0.1, 0.15) is 50.7 Å². The van der Waals surface area contributed by atoms with E-state index < -0.39 is 0 Å². The zero-order valence-corrected chi connectivity index (χ0v) is 24.7. The van der Waals surface area contributed by atoms with Crippen LogP contribution in [-0.4, -0.2) is 32.9 Å². The molecule has 0 amide bonds. The SMILES string of the molecule is CCO.Cc1cc(C)c(-c2csc(N)n2)c(C)c1.Cc1cc(C)c(C(=O)CBr)c(C)c1.NC(N)=S. The molecule has 0 fully saturated rings. The van der Waals surface area contributed by atoms with Crippen molar-refractivity contribution in [3.63, 3.8) is 0 Å². The molecule has 0 radical (unpaired) electrons. The van der Waals surface area contributed by atoms with E-state index in [-0.39, 0.29) is 17.5 Å². The van der Waals surface area contributed by atoms with E-state index in [0.717, 1.165) is 22.4 Å². The third-order valence-corrected chi connectivity index (χ3v) is 5.72. The van der Waals surface area contributed by atoms with Crippen LogP contribution in [0.5, 0.6) is 0 Å². The fraction of sp³-hybridized carbons (Fsp3) is 0.346. The molecule has 0 atom stereocenters. The number of hydrogen-bond acceptors (Lipinski definition) is 6. The van der Waals surface area contributed by atoms with Gasteiger partial charge in [0, 0.05) is 23.1 Å². The van der Waals surface area contributed by atoms with Crippen molar-refractivity contribution >= 4 is 55.5 Å². The molecule has 0 spiro atoms. The molecule has 7 N–H and O–H groups in total. The smallest absolute Gasteiger partial charge is 0.180 e. The highest BCUT2D eigenvalue weighted by atomic mass is 79.9. The molecule has 6 nitrogen and oxygen atoms in total. The van der Waals surface area contributed by atoms with E-state index in [2.05, 4.69) is 77.5 Å². The minimum atomic E-state index is 0.000000000000000222. The molecule has 0 bridgehead atoms. The minimum Gasteiger partial charge on any atom is -0.397 e. The van der Waals surface area contributed by atoms with Crippen molar-refractivity contribution in [3.8, 4) is 11.3 Å². The zero-order chi connectivity index (χ0) is 27.3. The van der Waals surface area contributed by atoms with Gasteiger partial charge in [-0.05, 0) is 82.9 Å². The number of thiocarbonyl (C=S) groups is 1. The Morgan fingerprint density at radius 1 is 0.971 bits per heavy atom. The van der Waals surface area contributed by atoms with Gasteiger partial charge in [-0.1, -0.05) is 51.3 Å². The fourth-order valence-electron chi connectivity index (χ4n) is 3.67. The molecule has 0 aliphatic heterocycles. The molecule has 0 saturated heterocycles. The molecule has 0 aliphatic carbocycles. The normalized spacial score (nSPS) is 9.51. The lowest BCUT2D eigenvalue weighted by atomic mass is 9.97. The second-order valence-corrected chi connectivity index (χ2v) is 9.82. The summed E-state index contributed by atoms with van der Waals surface area (Å²) in [6, 6.07) is 8.45. The number of carbonyl (C=O) groups is 1. The van der Waals surface area contributed by atoms with Gasteiger partial charge in [0.2, 0.25) is 0 Å². The first-order valence-corrected chi connectivity index (χ1v) is 13.3. The number of aliphatic hydroxyl groups excluding tert-OH is 1. The molecule has 1 aromatic heterocycles. The molecule has 9 heteroatoms. The molecular weight excluding hydrogens is 544 g/mol. The second-order valence-electron chi connectivity index (χ2n) is 7.89. The molecular formula is C26H37BrN4O2S2. The van der Waals surface area contributed by atoms with Gasteiger partial charge >= 0.3 is 0 Å². The van der Waals surface area contributed by atoms with Crippen LogP contribution in [0.3, 0.4) is 0 Å². The van der Waals surface area contributed by atoms with Gasteiger partial charge in [-0.15, -0.1) is 11.3 Å². The molecule has 1 heterocycles. The zero-order valence-electron chi connectivity index (χ0n) is 21.5. The third-order valence-electron chi connectivity index (χ3n) is 4.53. The summed E-state index contributed by atoms with van der Waals surface area (Å²) in [5.41, 5.74) is 25.1. The molecule has 2 aromatic carbocycles. The maximum absolute atomic E-state index is 11.5. The number of Topliss-reactive ketones (excluding diaryl/α,β-unsaturated/α-hetero) is 1. The number of rotatable bonds is 3. The molecule has 3 rings (SSSR count). The average Bonchev–Trinajstić information content (AvgIpc) is 3.12. The Balaban J connectivity index is 0.000000527. The molecule has 0 unspecified atom stereocenters. The Kier molecular flexibility index (Phi) is 15.3. The van der Waals surface area contributed by atoms with Crippen LogP contribution >= 0.6 is 39.5 Å². The number of aryl methyl sites for hydroxylation is 6. The van der Waals surface area contributed by atoms with Crippen molar-refractivity contribution in [2.75, 3.05) is 17.7 Å². The number of nitrogen functional groups attached to an aromatic ring is 1. The maximum atomic E-state index is 11.5. The summed E-state index contributed by atoms with van der Waals surface area (Å²) in [5.74, 6) is 0.162. The predicted molar refractivity (Wildman–Crippen MR) is 159 cm³/mol. The number of hydrogen-bond donors (Lipinski definition) is 4. The van der Waals surface area contributed by atoms with Gasteiger partial charge in [-0.25, -0.2) is 4.98 Å². The van der Waals surface area contributed by atoms with Crippen molar-refractivity contribution in [3.05, 3.63) is 68.6 Å². The van der Waals surface area contributed by atoms with Crippen LogP contribution in [0.2, 0.25) is 0 Å². The summed E-state index contributed by atoms with van der Waals surface area (Å²) in [7, 11) is 0. The Labute approximate surface area is 227 Å². The number of halogens is 1. The quantitative estimate of drug-likeness (QED) is 0.178. The highest BCUT2D eigenvalue weighted by Crippen LogP contribution is 2.29. The van der Waals surface area contributed by atoms with Gasteiger partial charge in [0.25, 0.3) is 0 Å². The van der Waals surface area contributed by atoms with E-state index >= 15 is 0 Å². The fourth-order valence-corrected chi connectivity index (χ4v) is 4.51. The number of nitrogens with zero attached hydrogens (tertiary/aromatic N) is 1. The third kappa shape index (κ3) is 11.8. The Hall–Kier alpha value is -2.33. The van der Waals surface area contributed by atoms with Crippen molar-refractivity contribution in [2.45, 2.75) is 48.5 Å². The second kappa shape index (κ2) is 16.4. The number of alkyl halides is 1. The molecule has 3 aromatic rings. The summed E-state index contributed by atoms with van der Waals surface area (Å²) in [6.07, 6.45) is 0. The summed E-state index contributed by atoms with van der Waals surface area (Å²) >= 11 is 8.77. The number of carbonyl (C=O) groups excluding carboxylic acids is 1. The lowest BCUT2D eigenvalue weighted by molar-refractivity contribution is 0.102. The summed E-state index contributed by atoms with van der Waals surface area (Å²) in [4.78, 5) is 15.8. The highest BCUT2D eigenvalue weighted by Gasteiger charge is 2.11. The van der Waals surface area contributed by atoms with Crippen LogP contribution in [0, 0.1) is 41.5 Å².